The topological polar surface area (TPSA) is 109 Å². The van der Waals surface area contributed by atoms with Crippen molar-refractivity contribution in [2.75, 3.05) is 19.1 Å². The van der Waals surface area contributed by atoms with Crippen molar-refractivity contribution >= 4 is 23.1 Å². The number of anilines is 1. The monoisotopic (exact) mass is 368 g/mol. The lowest BCUT2D eigenvalue weighted by Crippen LogP contribution is -2.24. The van der Waals surface area contributed by atoms with Crippen molar-refractivity contribution in [2.24, 2.45) is 5.10 Å². The molecule has 3 aromatic rings. The molecule has 0 saturated heterocycles. The molecule has 8 heteroatoms. The first-order chi connectivity index (χ1) is 13.1. The van der Waals surface area contributed by atoms with Crippen molar-refractivity contribution in [3.05, 3.63) is 58.4 Å². The van der Waals surface area contributed by atoms with Crippen molar-refractivity contribution in [1.82, 2.24) is 9.55 Å². The molecule has 0 aliphatic rings. The second-order valence-electron chi connectivity index (χ2n) is 5.84. The number of methoxy groups -OCH3 is 1. The van der Waals surface area contributed by atoms with Crippen molar-refractivity contribution in [2.45, 2.75) is 13.0 Å². The molecule has 2 aromatic carbocycles. The first kappa shape index (κ1) is 18.4. The summed E-state index contributed by atoms with van der Waals surface area (Å²) >= 11 is 0. The van der Waals surface area contributed by atoms with Gasteiger partial charge in [-0.1, -0.05) is 18.2 Å². The molecular weight excluding hydrogens is 348 g/mol. The maximum absolute atomic E-state index is 12.8. The molecule has 8 nitrogen and oxygen atoms in total. The molecule has 0 bridgehead atoms. The van der Waals surface area contributed by atoms with Gasteiger partial charge in [-0.05, 0) is 30.7 Å². The van der Waals surface area contributed by atoms with Crippen LogP contribution < -0.4 is 11.0 Å². The summed E-state index contributed by atoms with van der Waals surface area (Å²) in [5.41, 5.74) is 3.47. The Hall–Kier alpha value is -3.39. The number of aromatic hydroxyl groups is 2. The first-order valence-corrected chi connectivity index (χ1v) is 8.40. The molecule has 0 atom stereocenters. The lowest BCUT2D eigenvalue weighted by molar-refractivity contribution is 0.190. The molecule has 0 aliphatic heterocycles. The molecule has 140 valence electrons. The van der Waals surface area contributed by atoms with E-state index >= 15 is 0 Å². The molecule has 0 spiro atoms. The van der Waals surface area contributed by atoms with Gasteiger partial charge in [0.05, 0.1) is 17.1 Å². The summed E-state index contributed by atoms with van der Waals surface area (Å²) in [5, 5.41) is 23.9. The minimum atomic E-state index is -0.271. The zero-order valence-electron chi connectivity index (χ0n) is 14.8. The van der Waals surface area contributed by atoms with E-state index in [4.69, 9.17) is 4.74 Å². The van der Waals surface area contributed by atoms with Crippen LogP contribution in [0.4, 0.5) is 5.95 Å². The molecule has 0 amide bonds. The predicted molar refractivity (Wildman–Crippen MR) is 103 cm³/mol. The molecule has 27 heavy (non-hydrogen) atoms. The second kappa shape index (κ2) is 8.33. The van der Waals surface area contributed by atoms with E-state index in [1.54, 1.807) is 37.4 Å². The number of benzene rings is 2. The Morgan fingerprint density at radius 2 is 2.04 bits per heavy atom. The van der Waals surface area contributed by atoms with Crippen LogP contribution in [0.25, 0.3) is 10.9 Å². The summed E-state index contributed by atoms with van der Waals surface area (Å²) < 4.78 is 6.56. The lowest BCUT2D eigenvalue weighted by atomic mass is 10.2. The van der Waals surface area contributed by atoms with Gasteiger partial charge in [0.25, 0.3) is 5.56 Å². The van der Waals surface area contributed by atoms with Gasteiger partial charge < -0.3 is 14.9 Å². The Morgan fingerprint density at radius 3 is 2.85 bits per heavy atom. The van der Waals surface area contributed by atoms with Gasteiger partial charge in [-0.3, -0.25) is 9.36 Å². The lowest BCUT2D eigenvalue weighted by Gasteiger charge is -2.12. The van der Waals surface area contributed by atoms with Crippen LogP contribution in [0.3, 0.4) is 0 Å². The van der Waals surface area contributed by atoms with E-state index in [0.717, 1.165) is 0 Å². The van der Waals surface area contributed by atoms with Crippen LogP contribution in [0.5, 0.6) is 11.5 Å². The molecule has 0 saturated carbocycles. The SMILES string of the molecule is COCCCn1c(N/N=C/c2cccc(O)c2O)nc2ccccc2c1=O. The van der Waals surface area contributed by atoms with Crippen LogP contribution in [0.1, 0.15) is 12.0 Å². The van der Waals surface area contributed by atoms with Crippen LogP contribution in [0.15, 0.2) is 52.4 Å². The molecule has 1 aromatic heterocycles. The van der Waals surface area contributed by atoms with Gasteiger partial charge in [0.2, 0.25) is 5.95 Å². The number of nitrogens with zero attached hydrogens (tertiary/aromatic N) is 3. The molecule has 0 fully saturated rings. The second-order valence-corrected chi connectivity index (χ2v) is 5.84. The maximum Gasteiger partial charge on any atom is 0.262 e. The average Bonchev–Trinajstić information content (AvgIpc) is 2.67. The number of phenolic OH excluding ortho intramolecular Hbond substituents is 2. The number of nitrogens with one attached hydrogen (secondary N) is 1. The number of rotatable bonds is 7. The molecule has 3 rings (SSSR count). The minimum absolute atomic E-state index is 0.172. The fourth-order valence-corrected chi connectivity index (χ4v) is 2.64. The summed E-state index contributed by atoms with van der Waals surface area (Å²) in [5.74, 6) is -0.225. The van der Waals surface area contributed by atoms with Gasteiger partial charge in [0, 0.05) is 25.8 Å². The number of hydrazone groups is 1. The third kappa shape index (κ3) is 4.06. The Labute approximate surface area is 155 Å². The number of hydrogen-bond acceptors (Lipinski definition) is 7. The fourth-order valence-electron chi connectivity index (χ4n) is 2.64. The van der Waals surface area contributed by atoms with Crippen LogP contribution in [0, 0.1) is 0 Å². The van der Waals surface area contributed by atoms with E-state index in [9.17, 15) is 15.0 Å². The van der Waals surface area contributed by atoms with Gasteiger partial charge in [-0.2, -0.15) is 5.10 Å². The molecule has 0 aliphatic carbocycles. The van der Waals surface area contributed by atoms with E-state index in [2.05, 4.69) is 15.5 Å². The zero-order valence-corrected chi connectivity index (χ0v) is 14.8. The van der Waals surface area contributed by atoms with E-state index < -0.39 is 0 Å². The van der Waals surface area contributed by atoms with Gasteiger partial charge in [0.1, 0.15) is 0 Å². The quantitative estimate of drug-likeness (QED) is 0.255. The Kier molecular flexibility index (Phi) is 5.68. The first-order valence-electron chi connectivity index (χ1n) is 8.40. The summed E-state index contributed by atoms with van der Waals surface area (Å²) in [6.07, 6.45) is 1.98. The summed E-state index contributed by atoms with van der Waals surface area (Å²) in [6, 6.07) is 11.6. The molecular formula is C19H20N4O4. The largest absolute Gasteiger partial charge is 0.504 e. The van der Waals surface area contributed by atoms with Crippen LogP contribution in [-0.2, 0) is 11.3 Å². The average molecular weight is 368 g/mol. The number of para-hydroxylation sites is 2. The zero-order chi connectivity index (χ0) is 19.2. The molecule has 1 heterocycles. The van der Waals surface area contributed by atoms with Gasteiger partial charge in [-0.25, -0.2) is 10.4 Å². The third-order valence-corrected chi connectivity index (χ3v) is 4.01. The fraction of sp³-hybridized carbons (Fsp3) is 0.211. The van der Waals surface area contributed by atoms with E-state index in [0.29, 0.717) is 36.0 Å². The van der Waals surface area contributed by atoms with Crippen LogP contribution in [-0.4, -0.2) is 39.7 Å². The highest BCUT2D eigenvalue weighted by Gasteiger charge is 2.10. The third-order valence-electron chi connectivity index (χ3n) is 4.01. The number of ether oxygens (including phenoxy) is 1. The summed E-state index contributed by atoms with van der Waals surface area (Å²) in [4.78, 5) is 17.3. The van der Waals surface area contributed by atoms with Crippen molar-refractivity contribution < 1.29 is 14.9 Å². The molecule has 0 radical (unpaired) electrons. The van der Waals surface area contributed by atoms with Crippen LogP contribution in [0.2, 0.25) is 0 Å². The maximum atomic E-state index is 12.8. The Balaban J connectivity index is 1.94. The highest BCUT2D eigenvalue weighted by molar-refractivity contribution is 5.85. The molecule has 0 unspecified atom stereocenters. The van der Waals surface area contributed by atoms with E-state index in [-0.39, 0.29) is 23.0 Å². The number of fused-ring (bicyclic) bond motifs is 1. The van der Waals surface area contributed by atoms with Crippen molar-refractivity contribution in [3.63, 3.8) is 0 Å². The van der Waals surface area contributed by atoms with E-state index in [1.165, 1.54) is 16.8 Å². The number of aromatic nitrogens is 2. The van der Waals surface area contributed by atoms with Crippen molar-refractivity contribution in [1.29, 1.82) is 0 Å². The Bertz CT molecular complexity index is 1030. The highest BCUT2D eigenvalue weighted by atomic mass is 16.5. The van der Waals surface area contributed by atoms with Gasteiger partial charge in [-0.15, -0.1) is 0 Å². The standard InChI is InChI=1S/C19H20N4O4/c1-27-11-5-10-23-18(26)14-7-2-3-8-15(14)21-19(23)22-20-12-13-6-4-9-16(24)17(13)25/h2-4,6-9,12,24-25H,5,10-11H2,1H3,(H,21,22)/b20-12+. The van der Waals surface area contributed by atoms with Crippen LogP contribution >= 0.6 is 0 Å². The van der Waals surface area contributed by atoms with E-state index in [1.807, 2.05) is 6.07 Å². The smallest absolute Gasteiger partial charge is 0.262 e. The summed E-state index contributed by atoms with van der Waals surface area (Å²) in [7, 11) is 1.60. The van der Waals surface area contributed by atoms with Crippen molar-refractivity contribution in [3.8, 4) is 11.5 Å². The summed E-state index contributed by atoms with van der Waals surface area (Å²) in [6.45, 7) is 0.929. The minimum Gasteiger partial charge on any atom is -0.504 e. The number of phenols is 2. The predicted octanol–water partition coefficient (Wildman–Crippen LogP) is 2.29. The highest BCUT2D eigenvalue weighted by Crippen LogP contribution is 2.26. The Morgan fingerprint density at radius 1 is 1.22 bits per heavy atom. The number of hydrogen-bond donors (Lipinski definition) is 3. The normalized spacial score (nSPS) is 11.3. The van der Waals surface area contributed by atoms with Gasteiger partial charge in [0.15, 0.2) is 11.5 Å². The molecule has 3 N–H and O–H groups in total. The van der Waals surface area contributed by atoms with Gasteiger partial charge >= 0.3 is 0 Å².